The van der Waals surface area contributed by atoms with Crippen molar-refractivity contribution in [2.45, 2.75) is 38.0 Å². The molecule has 2 heterocycles. The maximum absolute atomic E-state index is 12.5. The second kappa shape index (κ2) is 5.10. The van der Waals surface area contributed by atoms with E-state index in [4.69, 9.17) is 4.52 Å². The lowest BCUT2D eigenvalue weighted by Crippen LogP contribution is -2.43. The average molecular weight is 314 g/mol. The summed E-state index contributed by atoms with van der Waals surface area (Å²) < 4.78 is 31.1. The first-order valence-electron chi connectivity index (χ1n) is 7.03. The average Bonchev–Trinajstić information content (AvgIpc) is 3.02. The second-order valence-corrected chi connectivity index (χ2v) is 7.81. The van der Waals surface area contributed by atoms with Crippen LogP contribution in [0.4, 0.5) is 0 Å². The molecule has 1 saturated carbocycles. The van der Waals surface area contributed by atoms with Gasteiger partial charge in [-0.25, -0.2) is 8.42 Å². The molecule has 0 amide bonds. The molecule has 1 aromatic rings. The number of rotatable bonds is 4. The lowest BCUT2D eigenvalue weighted by Gasteiger charge is -2.23. The van der Waals surface area contributed by atoms with Crippen LogP contribution in [0.1, 0.15) is 30.7 Å². The molecule has 1 saturated heterocycles. The summed E-state index contributed by atoms with van der Waals surface area (Å²) in [6.45, 7) is 1.99. The Labute approximate surface area is 123 Å². The van der Waals surface area contributed by atoms with Crippen molar-refractivity contribution >= 4 is 16.0 Å². The first-order valence-corrected chi connectivity index (χ1v) is 8.64. The standard InChI is InChI=1S/C13H18N2O5S/c1-8-5-10(14-20-8)7-21(18,19)15-6-9-3-2-4-11(9)12(15)13(16)17/h5,9,11-12H,2-4,6-7H2,1H3,(H,16,17). The van der Waals surface area contributed by atoms with Gasteiger partial charge in [0, 0.05) is 12.6 Å². The van der Waals surface area contributed by atoms with Gasteiger partial charge in [-0.3, -0.25) is 4.79 Å². The molecule has 7 nitrogen and oxygen atoms in total. The van der Waals surface area contributed by atoms with Gasteiger partial charge in [0.1, 0.15) is 23.2 Å². The van der Waals surface area contributed by atoms with Crippen molar-refractivity contribution in [2.75, 3.05) is 6.54 Å². The molecule has 0 bridgehead atoms. The fraction of sp³-hybridized carbons (Fsp3) is 0.692. The summed E-state index contributed by atoms with van der Waals surface area (Å²) in [5.74, 6) is -0.720. The van der Waals surface area contributed by atoms with E-state index in [0.717, 1.165) is 23.6 Å². The Hall–Kier alpha value is -1.41. The predicted molar refractivity (Wildman–Crippen MR) is 72.8 cm³/mol. The molecule has 1 aliphatic heterocycles. The fourth-order valence-corrected chi connectivity index (χ4v) is 5.30. The first kappa shape index (κ1) is 14.5. The molecule has 116 valence electrons. The highest BCUT2D eigenvalue weighted by atomic mass is 32.2. The molecule has 0 radical (unpaired) electrons. The van der Waals surface area contributed by atoms with Crippen LogP contribution in [0.5, 0.6) is 0 Å². The molecule has 0 spiro atoms. The molecule has 3 atom stereocenters. The zero-order valence-electron chi connectivity index (χ0n) is 11.7. The van der Waals surface area contributed by atoms with Crippen LogP contribution in [-0.4, -0.2) is 41.5 Å². The third kappa shape index (κ3) is 2.57. The molecule has 21 heavy (non-hydrogen) atoms. The first-order chi connectivity index (χ1) is 9.88. The van der Waals surface area contributed by atoms with Crippen LogP contribution in [0.2, 0.25) is 0 Å². The zero-order valence-corrected chi connectivity index (χ0v) is 12.5. The molecule has 3 rings (SSSR count). The number of hydrogen-bond donors (Lipinski definition) is 1. The number of aromatic nitrogens is 1. The van der Waals surface area contributed by atoms with E-state index in [2.05, 4.69) is 5.16 Å². The minimum atomic E-state index is -3.71. The Morgan fingerprint density at radius 3 is 2.90 bits per heavy atom. The monoisotopic (exact) mass is 314 g/mol. The smallest absolute Gasteiger partial charge is 0.322 e. The maximum Gasteiger partial charge on any atom is 0.322 e. The van der Waals surface area contributed by atoms with Crippen LogP contribution >= 0.6 is 0 Å². The lowest BCUT2D eigenvalue weighted by atomic mass is 9.94. The van der Waals surface area contributed by atoms with Crippen molar-refractivity contribution in [3.63, 3.8) is 0 Å². The SMILES string of the molecule is Cc1cc(CS(=O)(=O)N2CC3CCCC3C2C(=O)O)no1. The summed E-state index contributed by atoms with van der Waals surface area (Å²) in [4.78, 5) is 11.5. The number of carbonyl (C=O) groups is 1. The number of carboxylic acid groups (broad SMARTS) is 1. The molecular formula is C13H18N2O5S. The highest BCUT2D eigenvalue weighted by Crippen LogP contribution is 2.43. The van der Waals surface area contributed by atoms with Crippen molar-refractivity contribution in [3.05, 3.63) is 17.5 Å². The zero-order chi connectivity index (χ0) is 15.2. The van der Waals surface area contributed by atoms with E-state index in [9.17, 15) is 18.3 Å². The van der Waals surface area contributed by atoms with Gasteiger partial charge in [-0.2, -0.15) is 4.31 Å². The van der Waals surface area contributed by atoms with Gasteiger partial charge in [0.15, 0.2) is 0 Å². The molecule has 3 unspecified atom stereocenters. The Kier molecular flexibility index (Phi) is 3.53. The number of fused-ring (bicyclic) bond motifs is 1. The van der Waals surface area contributed by atoms with Gasteiger partial charge < -0.3 is 9.63 Å². The van der Waals surface area contributed by atoms with Crippen LogP contribution in [0.25, 0.3) is 0 Å². The summed E-state index contributed by atoms with van der Waals surface area (Å²) in [5.41, 5.74) is 0.314. The van der Waals surface area contributed by atoms with Gasteiger partial charge in [0.25, 0.3) is 0 Å². The maximum atomic E-state index is 12.5. The number of aryl methyl sites for hydroxylation is 1. The van der Waals surface area contributed by atoms with Crippen molar-refractivity contribution in [1.82, 2.24) is 9.46 Å². The number of hydrogen-bond acceptors (Lipinski definition) is 5. The van der Waals surface area contributed by atoms with Crippen molar-refractivity contribution in [3.8, 4) is 0 Å². The largest absolute Gasteiger partial charge is 0.480 e. The predicted octanol–water partition coefficient (Wildman–Crippen LogP) is 0.998. The number of sulfonamides is 1. The summed E-state index contributed by atoms with van der Waals surface area (Å²) in [5, 5.41) is 13.1. The topological polar surface area (TPSA) is 101 Å². The minimum absolute atomic E-state index is 0.0590. The lowest BCUT2D eigenvalue weighted by molar-refractivity contribution is -0.142. The summed E-state index contributed by atoms with van der Waals surface area (Å²) >= 11 is 0. The van der Waals surface area contributed by atoms with E-state index in [-0.39, 0.29) is 17.6 Å². The van der Waals surface area contributed by atoms with Crippen LogP contribution in [0.3, 0.4) is 0 Å². The second-order valence-electron chi connectivity index (χ2n) is 5.89. The van der Waals surface area contributed by atoms with E-state index in [1.807, 2.05) is 0 Å². The van der Waals surface area contributed by atoms with Crippen molar-refractivity contribution in [1.29, 1.82) is 0 Å². The third-order valence-electron chi connectivity index (χ3n) is 4.47. The van der Waals surface area contributed by atoms with E-state index in [0.29, 0.717) is 18.0 Å². The quantitative estimate of drug-likeness (QED) is 0.889. The summed E-state index contributed by atoms with van der Waals surface area (Å²) in [6.07, 6.45) is 2.68. The number of nitrogens with zero attached hydrogens (tertiary/aromatic N) is 2. The third-order valence-corrected chi connectivity index (χ3v) is 6.22. The molecule has 0 aromatic carbocycles. The van der Waals surface area contributed by atoms with Gasteiger partial charge in [-0.1, -0.05) is 11.6 Å². The molecule has 2 aliphatic rings. The molecule has 1 N–H and O–H groups in total. The number of aliphatic carboxylic acids is 1. The van der Waals surface area contributed by atoms with Crippen molar-refractivity contribution in [2.24, 2.45) is 11.8 Å². The molecule has 1 aliphatic carbocycles. The van der Waals surface area contributed by atoms with Gasteiger partial charge >= 0.3 is 5.97 Å². The fourth-order valence-electron chi connectivity index (χ4n) is 3.61. The number of carboxylic acids is 1. The highest BCUT2D eigenvalue weighted by Gasteiger charge is 2.51. The van der Waals surface area contributed by atoms with E-state index < -0.39 is 22.0 Å². The normalized spacial score (nSPS) is 29.7. The Morgan fingerprint density at radius 1 is 1.52 bits per heavy atom. The molecule has 8 heteroatoms. The van der Waals surface area contributed by atoms with Gasteiger partial charge in [-0.05, 0) is 31.6 Å². The summed E-state index contributed by atoms with van der Waals surface area (Å²) in [6, 6.07) is 0.625. The van der Waals surface area contributed by atoms with Gasteiger partial charge in [-0.15, -0.1) is 0 Å². The summed E-state index contributed by atoms with van der Waals surface area (Å²) in [7, 11) is -3.71. The van der Waals surface area contributed by atoms with E-state index in [1.54, 1.807) is 13.0 Å². The van der Waals surface area contributed by atoms with Crippen molar-refractivity contribution < 1.29 is 22.8 Å². The highest BCUT2D eigenvalue weighted by molar-refractivity contribution is 7.88. The minimum Gasteiger partial charge on any atom is -0.480 e. The van der Waals surface area contributed by atoms with Gasteiger partial charge in [0.05, 0.1) is 0 Å². The van der Waals surface area contributed by atoms with E-state index in [1.165, 1.54) is 0 Å². The van der Waals surface area contributed by atoms with Crippen LogP contribution in [0.15, 0.2) is 10.6 Å². The van der Waals surface area contributed by atoms with Crippen LogP contribution < -0.4 is 0 Å². The van der Waals surface area contributed by atoms with Crippen LogP contribution in [-0.2, 0) is 20.6 Å². The Morgan fingerprint density at radius 2 is 2.29 bits per heavy atom. The van der Waals surface area contributed by atoms with E-state index >= 15 is 0 Å². The molecule has 1 aromatic heterocycles. The Balaban J connectivity index is 1.85. The van der Waals surface area contributed by atoms with Gasteiger partial charge in [0.2, 0.25) is 10.0 Å². The molecule has 2 fully saturated rings. The Bertz CT molecular complexity index is 653. The molecular weight excluding hydrogens is 296 g/mol. The van der Waals surface area contributed by atoms with Crippen LogP contribution in [0, 0.1) is 18.8 Å².